The molecule has 0 bridgehead atoms. The Balaban J connectivity index is 0. The molecule has 0 atom stereocenters. The first kappa shape index (κ1) is 21.1. The van der Waals surface area contributed by atoms with Gasteiger partial charge in [0.25, 0.3) is 0 Å². The largest absolute Gasteiger partial charge is 0.428 e. The summed E-state index contributed by atoms with van der Waals surface area (Å²) in [6, 6.07) is 0. The van der Waals surface area contributed by atoms with Crippen molar-refractivity contribution in [3.8, 4) is 0 Å². The van der Waals surface area contributed by atoms with Crippen LogP contribution in [0.15, 0.2) is 11.6 Å². The van der Waals surface area contributed by atoms with E-state index in [0.29, 0.717) is 4.20 Å². The van der Waals surface area contributed by atoms with Gasteiger partial charge in [-0.3, -0.25) is 0 Å². The molecule has 0 aromatic heterocycles. The predicted octanol–water partition coefficient (Wildman–Crippen LogP) is 3.87. The van der Waals surface area contributed by atoms with Gasteiger partial charge in [0.2, 0.25) is 0 Å². The Labute approximate surface area is 140 Å². The standard InChI is InChI=1S/C5H8S2.2C5H5.Ti/c1-3-4(2)5(6)7;2*1-2-4-5-3-1;/h3H,1-2H3,(H,6,7);2*1-5H;/p-1/b4-3-;;;. The van der Waals surface area contributed by atoms with E-state index < -0.39 is 0 Å². The van der Waals surface area contributed by atoms with E-state index in [2.05, 4.69) is 24.8 Å². The zero-order valence-corrected chi connectivity index (χ0v) is 13.9. The molecule has 0 amide bonds. The van der Waals surface area contributed by atoms with Gasteiger partial charge in [0.15, 0.2) is 0 Å². The molecule has 10 radical (unpaired) electrons. The number of hydrogen-bond acceptors (Lipinski definition) is 2. The molecule has 0 N–H and O–H groups in total. The van der Waals surface area contributed by atoms with Crippen molar-refractivity contribution >= 4 is 29.0 Å². The summed E-state index contributed by atoms with van der Waals surface area (Å²) in [5.41, 5.74) is 1.02. The second-order valence-electron chi connectivity index (χ2n) is 3.18. The molecular formula is C15H17S2Ti-. The van der Waals surface area contributed by atoms with Crippen LogP contribution in [-0.4, -0.2) is 4.20 Å². The van der Waals surface area contributed by atoms with Gasteiger partial charge in [-0.15, -0.1) is 4.20 Å². The smallest absolute Gasteiger partial charge is 0 e. The number of thiocarbonyl (C=S) groups is 1. The van der Waals surface area contributed by atoms with Crippen LogP contribution in [0.25, 0.3) is 0 Å². The predicted molar refractivity (Wildman–Crippen MR) is 82.4 cm³/mol. The summed E-state index contributed by atoms with van der Waals surface area (Å²) in [5, 5.41) is 0. The quantitative estimate of drug-likeness (QED) is 0.312. The first-order valence-corrected chi connectivity index (χ1v) is 6.17. The van der Waals surface area contributed by atoms with Crippen LogP contribution in [0.3, 0.4) is 0 Å². The number of rotatable bonds is 1. The Morgan fingerprint density at radius 2 is 1.06 bits per heavy atom. The van der Waals surface area contributed by atoms with Crippen molar-refractivity contribution in [3.63, 3.8) is 0 Å². The van der Waals surface area contributed by atoms with E-state index in [9.17, 15) is 0 Å². The van der Waals surface area contributed by atoms with E-state index in [4.69, 9.17) is 0 Å². The molecule has 18 heavy (non-hydrogen) atoms. The molecule has 2 saturated carbocycles. The van der Waals surface area contributed by atoms with Crippen LogP contribution in [0.1, 0.15) is 13.8 Å². The Kier molecular flexibility index (Phi) is 18.5. The van der Waals surface area contributed by atoms with Gasteiger partial charge in [-0.1, -0.05) is 11.6 Å². The molecule has 0 spiro atoms. The molecule has 2 aliphatic rings. The van der Waals surface area contributed by atoms with Crippen LogP contribution in [0, 0.1) is 64.2 Å². The number of allylic oxidation sites excluding steroid dienone is 1. The Morgan fingerprint density at radius 1 is 0.833 bits per heavy atom. The summed E-state index contributed by atoms with van der Waals surface area (Å²) in [4.78, 5) is 0. The minimum Gasteiger partial charge on any atom is -0.428 e. The summed E-state index contributed by atoms with van der Waals surface area (Å²) < 4.78 is 0.572. The topological polar surface area (TPSA) is 0 Å². The van der Waals surface area contributed by atoms with Gasteiger partial charge >= 0.3 is 0 Å². The van der Waals surface area contributed by atoms with E-state index in [1.807, 2.05) is 84.1 Å². The fraction of sp³-hybridized carbons (Fsp3) is 0.133. The number of hydrogen-bond donors (Lipinski definition) is 0. The van der Waals surface area contributed by atoms with Crippen molar-refractivity contribution in [2.24, 2.45) is 0 Å². The Bertz CT molecular complexity index is 191. The second-order valence-corrected chi connectivity index (χ2v) is 4.26. The van der Waals surface area contributed by atoms with E-state index >= 15 is 0 Å². The normalized spacial score (nSPS) is 17.8. The summed E-state index contributed by atoms with van der Waals surface area (Å²) in [6.45, 7) is 3.84. The average molecular weight is 309 g/mol. The zero-order chi connectivity index (χ0) is 12.9. The third-order valence-electron chi connectivity index (χ3n) is 1.87. The van der Waals surface area contributed by atoms with Gasteiger partial charge in [0, 0.05) is 21.7 Å². The van der Waals surface area contributed by atoms with Gasteiger partial charge in [0.1, 0.15) is 0 Å². The molecule has 0 aliphatic heterocycles. The van der Waals surface area contributed by atoms with Crippen molar-refractivity contribution in [2.45, 2.75) is 13.8 Å². The zero-order valence-electron chi connectivity index (χ0n) is 10.7. The molecule has 2 rings (SSSR count). The van der Waals surface area contributed by atoms with Gasteiger partial charge in [0.05, 0.1) is 0 Å². The molecule has 0 aromatic rings. The van der Waals surface area contributed by atoms with Crippen molar-refractivity contribution in [1.29, 1.82) is 0 Å². The molecule has 94 valence electrons. The maximum Gasteiger partial charge on any atom is 0 e. The Hall–Kier alpha value is 0.764. The van der Waals surface area contributed by atoms with Crippen molar-refractivity contribution in [1.82, 2.24) is 0 Å². The second kappa shape index (κ2) is 15.8. The minimum atomic E-state index is 0. The molecule has 0 aromatic carbocycles. The van der Waals surface area contributed by atoms with Crippen LogP contribution in [0.5, 0.6) is 0 Å². The van der Waals surface area contributed by atoms with E-state index in [1.165, 1.54) is 0 Å². The summed E-state index contributed by atoms with van der Waals surface area (Å²) in [5.74, 6) is 0. The van der Waals surface area contributed by atoms with Gasteiger partial charge in [-0.2, -0.15) is 0 Å². The molecule has 0 heterocycles. The maximum absolute atomic E-state index is 4.66. The van der Waals surface area contributed by atoms with Gasteiger partial charge in [-0.05, 0) is 78.1 Å². The molecule has 0 saturated heterocycles. The van der Waals surface area contributed by atoms with Crippen LogP contribution in [0.4, 0.5) is 0 Å². The van der Waals surface area contributed by atoms with Crippen molar-refractivity contribution in [3.05, 3.63) is 75.9 Å². The minimum absolute atomic E-state index is 0. The van der Waals surface area contributed by atoms with Crippen LogP contribution in [0.2, 0.25) is 0 Å². The van der Waals surface area contributed by atoms with Gasteiger partial charge < -0.3 is 24.8 Å². The third kappa shape index (κ3) is 14.8. The summed E-state index contributed by atoms with van der Waals surface area (Å²) in [7, 11) is 0. The molecular weight excluding hydrogens is 292 g/mol. The molecule has 2 fully saturated rings. The Morgan fingerprint density at radius 3 is 1.11 bits per heavy atom. The first-order valence-electron chi connectivity index (χ1n) is 5.36. The molecule has 2 aliphatic carbocycles. The first-order chi connectivity index (χ1) is 8.18. The van der Waals surface area contributed by atoms with Gasteiger partial charge in [-0.25, -0.2) is 0 Å². The fourth-order valence-corrected chi connectivity index (χ4v) is 0.995. The van der Waals surface area contributed by atoms with Crippen molar-refractivity contribution < 1.29 is 21.7 Å². The molecule has 0 nitrogen and oxygen atoms in total. The van der Waals surface area contributed by atoms with E-state index in [-0.39, 0.29) is 21.7 Å². The maximum atomic E-state index is 4.66. The molecule has 0 unspecified atom stereocenters. The SMILES string of the molecule is C/C=C(/C)C(=S)[S-].[CH]1[CH][CH][CH][CH]1.[CH]1[CH][CH][CH][CH]1.[Ti]. The fourth-order valence-electron chi connectivity index (χ4n) is 0.759. The monoisotopic (exact) mass is 309 g/mol. The van der Waals surface area contributed by atoms with Crippen LogP contribution >= 0.6 is 12.2 Å². The third-order valence-corrected chi connectivity index (χ3v) is 2.51. The van der Waals surface area contributed by atoms with Crippen LogP contribution in [-0.2, 0) is 34.3 Å². The average Bonchev–Trinajstić information content (AvgIpc) is 3.04. The van der Waals surface area contributed by atoms with Crippen LogP contribution < -0.4 is 0 Å². The van der Waals surface area contributed by atoms with E-state index in [0.717, 1.165) is 5.57 Å². The van der Waals surface area contributed by atoms with E-state index in [1.54, 1.807) is 0 Å². The van der Waals surface area contributed by atoms with Crippen molar-refractivity contribution in [2.75, 3.05) is 0 Å². The summed E-state index contributed by atoms with van der Waals surface area (Å²) in [6.07, 6.45) is 21.9. The summed E-state index contributed by atoms with van der Waals surface area (Å²) >= 11 is 9.33. The molecule has 3 heteroatoms.